The molecule has 0 bridgehead atoms. The molecular weight excluding hydrogens is 925 g/mol. The van der Waals surface area contributed by atoms with Gasteiger partial charge in [-0.15, -0.1) is 0 Å². The molecule has 0 aromatic carbocycles. The van der Waals surface area contributed by atoms with Gasteiger partial charge in [-0.2, -0.15) is 0 Å². The van der Waals surface area contributed by atoms with Crippen LogP contribution in [0.2, 0.25) is 0 Å². The van der Waals surface area contributed by atoms with Gasteiger partial charge in [0.1, 0.15) is 13.2 Å². The number of rotatable bonds is 59. The Kier molecular flexibility index (Phi) is 60.7. The topological polar surface area (TPSA) is 78.9 Å². The van der Waals surface area contributed by atoms with Crippen molar-refractivity contribution in [1.82, 2.24) is 0 Å². The summed E-state index contributed by atoms with van der Waals surface area (Å²) in [5.74, 6) is -0.878. The maximum absolute atomic E-state index is 12.9. The van der Waals surface area contributed by atoms with E-state index >= 15 is 0 Å². The minimum atomic E-state index is -0.781. The molecule has 434 valence electrons. The molecule has 0 aromatic rings. The Morgan fingerprint density at radius 1 is 0.280 bits per heavy atom. The van der Waals surface area contributed by atoms with E-state index < -0.39 is 6.10 Å². The van der Waals surface area contributed by atoms with Crippen LogP contribution in [0.25, 0.3) is 0 Å². The molecule has 0 aromatic heterocycles. The Balaban J connectivity index is 4.23. The third kappa shape index (κ3) is 61.6. The zero-order chi connectivity index (χ0) is 54.3. The van der Waals surface area contributed by atoms with Gasteiger partial charge in [-0.1, -0.05) is 293 Å². The van der Waals surface area contributed by atoms with Crippen molar-refractivity contribution >= 4 is 17.9 Å². The smallest absolute Gasteiger partial charge is 0.306 e. The molecule has 75 heavy (non-hydrogen) atoms. The molecule has 0 spiro atoms. The summed E-state index contributed by atoms with van der Waals surface area (Å²) in [5.41, 5.74) is 0. The normalized spacial score (nSPS) is 12.5. The molecule has 0 amide bonds. The minimum absolute atomic E-state index is 0.0779. The molecule has 0 radical (unpaired) electrons. The Morgan fingerprint density at radius 2 is 0.520 bits per heavy atom. The highest BCUT2D eigenvalue weighted by atomic mass is 16.6. The van der Waals surface area contributed by atoms with E-state index in [0.717, 1.165) is 103 Å². The van der Waals surface area contributed by atoms with Gasteiger partial charge < -0.3 is 14.2 Å². The lowest BCUT2D eigenvalue weighted by Gasteiger charge is -2.18. The lowest BCUT2D eigenvalue weighted by atomic mass is 10.0. The number of allylic oxidation sites excluding steroid dienone is 12. The lowest BCUT2D eigenvalue weighted by Crippen LogP contribution is -2.30. The second-order valence-electron chi connectivity index (χ2n) is 21.6. The maximum Gasteiger partial charge on any atom is 0.306 e. The molecule has 0 aliphatic rings. The van der Waals surface area contributed by atoms with Crippen LogP contribution in [0.4, 0.5) is 0 Å². The highest BCUT2D eigenvalue weighted by molar-refractivity contribution is 5.71. The molecule has 1 atom stereocenters. The molecule has 0 rings (SSSR count). The Morgan fingerprint density at radius 3 is 0.813 bits per heavy atom. The van der Waals surface area contributed by atoms with Crippen molar-refractivity contribution in [3.63, 3.8) is 0 Å². The van der Waals surface area contributed by atoms with E-state index in [9.17, 15) is 14.4 Å². The highest BCUT2D eigenvalue weighted by Crippen LogP contribution is 2.17. The summed E-state index contributed by atoms with van der Waals surface area (Å²) >= 11 is 0. The molecular formula is C69H122O6. The number of carbonyl (C=O) groups excluding carboxylic acids is 3. The van der Waals surface area contributed by atoms with Crippen molar-refractivity contribution in [2.24, 2.45) is 0 Å². The summed E-state index contributed by atoms with van der Waals surface area (Å²) in [6.45, 7) is 6.53. The largest absolute Gasteiger partial charge is 0.462 e. The van der Waals surface area contributed by atoms with Crippen molar-refractivity contribution in [3.8, 4) is 0 Å². The number of hydrogen-bond donors (Lipinski definition) is 0. The van der Waals surface area contributed by atoms with Crippen molar-refractivity contribution in [2.45, 2.75) is 335 Å². The van der Waals surface area contributed by atoms with Crippen LogP contribution in [-0.4, -0.2) is 37.2 Å². The standard InChI is InChI=1S/C69H122O6/c1-4-7-10-13-16-19-22-24-26-28-30-31-32-33-34-35-36-37-39-40-42-44-47-50-53-56-59-62-68(71)74-65-66(64-73-67(70)61-58-55-52-49-46-21-18-15-12-9-6-3)75-69(72)63-60-57-54-51-48-45-43-41-38-29-27-25-23-20-17-14-11-8-5-2/h8,11,17,20,22,24-25,27-28,30,38,41,66H,4-7,9-10,12-16,18-19,21,23,26,29,31-37,39-40,42-65H2,1-3H3/b11-8-,20-17-,24-22-,27-25-,30-28-,41-38-. The number of esters is 3. The fourth-order valence-corrected chi connectivity index (χ4v) is 9.35. The summed E-state index contributed by atoms with van der Waals surface area (Å²) in [6, 6.07) is 0. The van der Waals surface area contributed by atoms with Gasteiger partial charge in [-0.3, -0.25) is 14.4 Å². The van der Waals surface area contributed by atoms with Crippen molar-refractivity contribution < 1.29 is 28.6 Å². The first-order valence-electron chi connectivity index (χ1n) is 32.4. The second-order valence-corrected chi connectivity index (χ2v) is 21.6. The molecule has 1 unspecified atom stereocenters. The monoisotopic (exact) mass is 1050 g/mol. The Hall–Kier alpha value is -3.15. The number of ether oxygens (including phenoxy) is 3. The second kappa shape index (κ2) is 63.4. The van der Waals surface area contributed by atoms with Gasteiger partial charge in [0.2, 0.25) is 0 Å². The number of unbranched alkanes of at least 4 members (excludes halogenated alkanes) is 36. The fourth-order valence-electron chi connectivity index (χ4n) is 9.35. The van der Waals surface area contributed by atoms with E-state index in [1.165, 1.54) is 186 Å². The highest BCUT2D eigenvalue weighted by Gasteiger charge is 2.19. The van der Waals surface area contributed by atoms with Gasteiger partial charge >= 0.3 is 17.9 Å². The van der Waals surface area contributed by atoms with Crippen molar-refractivity contribution in [2.75, 3.05) is 13.2 Å². The first kappa shape index (κ1) is 71.8. The quantitative estimate of drug-likeness (QED) is 0.0261. The van der Waals surface area contributed by atoms with Gasteiger partial charge in [0, 0.05) is 19.3 Å². The van der Waals surface area contributed by atoms with E-state index in [-0.39, 0.29) is 31.1 Å². The Bertz CT molecular complexity index is 1390. The average molecular weight is 1050 g/mol. The molecule has 6 nitrogen and oxygen atoms in total. The lowest BCUT2D eigenvalue weighted by molar-refractivity contribution is -0.167. The zero-order valence-corrected chi connectivity index (χ0v) is 49.8. The molecule has 0 N–H and O–H groups in total. The third-order valence-corrected chi connectivity index (χ3v) is 14.2. The van der Waals surface area contributed by atoms with Crippen molar-refractivity contribution in [3.05, 3.63) is 72.9 Å². The first-order valence-corrected chi connectivity index (χ1v) is 32.4. The summed E-state index contributed by atoms with van der Waals surface area (Å²) in [5, 5.41) is 0. The van der Waals surface area contributed by atoms with Crippen LogP contribution >= 0.6 is 0 Å². The molecule has 0 saturated heterocycles. The first-order chi connectivity index (χ1) is 37.0. The Labute approximate surface area is 465 Å². The van der Waals surface area contributed by atoms with E-state index in [1.54, 1.807) is 0 Å². The van der Waals surface area contributed by atoms with Gasteiger partial charge in [-0.05, 0) is 89.9 Å². The zero-order valence-electron chi connectivity index (χ0n) is 49.8. The number of hydrogen-bond acceptors (Lipinski definition) is 6. The van der Waals surface area contributed by atoms with E-state index in [0.29, 0.717) is 19.3 Å². The van der Waals surface area contributed by atoms with Crippen LogP contribution in [0, 0.1) is 0 Å². The van der Waals surface area contributed by atoms with Gasteiger partial charge in [0.15, 0.2) is 6.10 Å². The van der Waals surface area contributed by atoms with Gasteiger partial charge in [-0.25, -0.2) is 0 Å². The summed E-state index contributed by atoms with van der Waals surface area (Å²) in [6.07, 6.45) is 82.0. The molecule has 0 saturated carbocycles. The summed E-state index contributed by atoms with van der Waals surface area (Å²) in [4.78, 5) is 38.3. The third-order valence-electron chi connectivity index (χ3n) is 14.2. The van der Waals surface area contributed by atoms with Crippen LogP contribution in [0.1, 0.15) is 329 Å². The average Bonchev–Trinajstić information content (AvgIpc) is 3.41. The van der Waals surface area contributed by atoms with Gasteiger partial charge in [0.05, 0.1) is 0 Å². The molecule has 0 fully saturated rings. The molecule has 0 heterocycles. The molecule has 0 aliphatic heterocycles. The predicted octanol–water partition coefficient (Wildman–Crippen LogP) is 22.1. The van der Waals surface area contributed by atoms with Crippen LogP contribution in [0.3, 0.4) is 0 Å². The van der Waals surface area contributed by atoms with Crippen LogP contribution in [-0.2, 0) is 28.6 Å². The van der Waals surface area contributed by atoms with E-state index in [2.05, 4.69) is 93.7 Å². The number of carbonyl (C=O) groups is 3. The van der Waals surface area contributed by atoms with Gasteiger partial charge in [0.25, 0.3) is 0 Å². The van der Waals surface area contributed by atoms with E-state index in [4.69, 9.17) is 14.2 Å². The molecule has 6 heteroatoms. The fraction of sp³-hybridized carbons (Fsp3) is 0.783. The summed E-state index contributed by atoms with van der Waals surface area (Å²) < 4.78 is 16.9. The maximum atomic E-state index is 12.9. The summed E-state index contributed by atoms with van der Waals surface area (Å²) in [7, 11) is 0. The van der Waals surface area contributed by atoms with Crippen LogP contribution in [0.5, 0.6) is 0 Å². The van der Waals surface area contributed by atoms with Crippen molar-refractivity contribution in [1.29, 1.82) is 0 Å². The minimum Gasteiger partial charge on any atom is -0.462 e. The SMILES string of the molecule is CC/C=C\C/C=C\C/C=C\C/C=C\CCCCCCCCC(=O)OC(COC(=O)CCCCCCCCCCCCC)COC(=O)CCCCCCCCCCCCCCCCC/C=C\C/C=C\CCCCCCC. The van der Waals surface area contributed by atoms with E-state index in [1.807, 2.05) is 0 Å². The van der Waals surface area contributed by atoms with Crippen LogP contribution in [0.15, 0.2) is 72.9 Å². The predicted molar refractivity (Wildman–Crippen MR) is 325 cm³/mol. The molecule has 0 aliphatic carbocycles. The van der Waals surface area contributed by atoms with Crippen LogP contribution < -0.4 is 0 Å².